The SMILES string of the molecule is NC(=O)N1CCC[C@H]1C(=O)N[C@@H](Cc1ccccc1)C(=O)O. The Morgan fingerprint density at radius 3 is 2.59 bits per heavy atom. The van der Waals surface area contributed by atoms with E-state index in [0.29, 0.717) is 19.4 Å². The molecule has 1 aliphatic rings. The third-order valence-electron chi connectivity index (χ3n) is 3.74. The molecule has 0 unspecified atom stereocenters. The molecule has 2 rings (SSSR count). The van der Waals surface area contributed by atoms with Crippen LogP contribution in [0, 0.1) is 0 Å². The Bertz CT molecular complexity index is 561. The van der Waals surface area contributed by atoms with Crippen LogP contribution in [0.1, 0.15) is 18.4 Å². The van der Waals surface area contributed by atoms with Crippen molar-refractivity contribution in [1.82, 2.24) is 10.2 Å². The van der Waals surface area contributed by atoms with Crippen LogP contribution in [0.4, 0.5) is 4.79 Å². The molecule has 1 aliphatic heterocycles. The highest BCUT2D eigenvalue weighted by Gasteiger charge is 2.34. The molecule has 22 heavy (non-hydrogen) atoms. The second-order valence-electron chi connectivity index (χ2n) is 5.28. The maximum atomic E-state index is 12.2. The Balaban J connectivity index is 2.03. The summed E-state index contributed by atoms with van der Waals surface area (Å²) in [6, 6.07) is 6.67. The maximum Gasteiger partial charge on any atom is 0.326 e. The van der Waals surface area contributed by atoms with Crippen LogP contribution in [0.15, 0.2) is 30.3 Å². The number of likely N-dealkylation sites (tertiary alicyclic amines) is 1. The molecule has 0 saturated carbocycles. The fraction of sp³-hybridized carbons (Fsp3) is 0.400. The molecule has 0 aromatic heterocycles. The van der Waals surface area contributed by atoms with E-state index in [1.807, 2.05) is 18.2 Å². The lowest BCUT2D eigenvalue weighted by molar-refractivity contribution is -0.142. The van der Waals surface area contributed by atoms with Crippen LogP contribution in [0.2, 0.25) is 0 Å². The van der Waals surface area contributed by atoms with Gasteiger partial charge in [-0.15, -0.1) is 0 Å². The van der Waals surface area contributed by atoms with Gasteiger partial charge in [0.25, 0.3) is 0 Å². The van der Waals surface area contributed by atoms with Crippen LogP contribution in [-0.2, 0) is 16.0 Å². The number of aliphatic carboxylic acids is 1. The standard InChI is InChI=1S/C15H19N3O4/c16-15(22)18-8-4-7-12(18)13(19)17-11(14(20)21)9-10-5-2-1-3-6-10/h1-3,5-6,11-12H,4,7-9H2,(H2,16,22)(H,17,19)(H,20,21)/t11-,12-/m0/s1. The van der Waals surface area contributed by atoms with Crippen molar-refractivity contribution < 1.29 is 19.5 Å². The molecular formula is C15H19N3O4. The Kier molecular flexibility index (Phi) is 4.98. The molecule has 2 atom stereocenters. The average molecular weight is 305 g/mol. The van der Waals surface area contributed by atoms with E-state index >= 15 is 0 Å². The van der Waals surface area contributed by atoms with E-state index in [-0.39, 0.29) is 6.42 Å². The number of hydrogen-bond acceptors (Lipinski definition) is 3. The van der Waals surface area contributed by atoms with Gasteiger partial charge in [0, 0.05) is 13.0 Å². The summed E-state index contributed by atoms with van der Waals surface area (Å²) in [7, 11) is 0. The number of hydrogen-bond donors (Lipinski definition) is 3. The van der Waals surface area contributed by atoms with Crippen LogP contribution in [0.5, 0.6) is 0 Å². The summed E-state index contributed by atoms with van der Waals surface area (Å²) in [6.45, 7) is 0.420. The quantitative estimate of drug-likeness (QED) is 0.728. The molecule has 0 aliphatic carbocycles. The topological polar surface area (TPSA) is 113 Å². The first kappa shape index (κ1) is 15.8. The monoisotopic (exact) mass is 305 g/mol. The molecule has 1 heterocycles. The van der Waals surface area contributed by atoms with Gasteiger partial charge in [0.15, 0.2) is 0 Å². The molecule has 0 spiro atoms. The number of carbonyl (C=O) groups is 3. The van der Waals surface area contributed by atoms with Crippen molar-refractivity contribution in [3.63, 3.8) is 0 Å². The van der Waals surface area contributed by atoms with Gasteiger partial charge >= 0.3 is 12.0 Å². The number of carboxylic acid groups (broad SMARTS) is 1. The number of urea groups is 1. The second kappa shape index (κ2) is 6.93. The van der Waals surface area contributed by atoms with Gasteiger partial charge in [-0.25, -0.2) is 9.59 Å². The zero-order valence-electron chi connectivity index (χ0n) is 12.1. The first-order chi connectivity index (χ1) is 10.5. The number of primary amides is 1. The first-order valence-corrected chi connectivity index (χ1v) is 7.12. The van der Waals surface area contributed by atoms with Crippen LogP contribution in [0.25, 0.3) is 0 Å². The van der Waals surface area contributed by atoms with Gasteiger partial charge in [0.05, 0.1) is 0 Å². The highest BCUT2D eigenvalue weighted by Crippen LogP contribution is 2.17. The lowest BCUT2D eigenvalue weighted by atomic mass is 10.1. The molecule has 3 amide bonds. The number of nitrogens with two attached hydrogens (primary N) is 1. The number of nitrogens with one attached hydrogen (secondary N) is 1. The van der Waals surface area contributed by atoms with Crippen molar-refractivity contribution in [3.8, 4) is 0 Å². The molecule has 1 saturated heterocycles. The van der Waals surface area contributed by atoms with Gasteiger partial charge in [0.2, 0.25) is 5.91 Å². The van der Waals surface area contributed by atoms with Gasteiger partial charge in [-0.2, -0.15) is 0 Å². The molecule has 118 valence electrons. The Hall–Kier alpha value is -2.57. The normalized spacial score (nSPS) is 18.7. The van der Waals surface area contributed by atoms with Crippen LogP contribution < -0.4 is 11.1 Å². The molecule has 1 aromatic rings. The average Bonchev–Trinajstić information content (AvgIpc) is 2.97. The van der Waals surface area contributed by atoms with Gasteiger partial charge < -0.3 is 21.1 Å². The van der Waals surface area contributed by atoms with Crippen LogP contribution in [0.3, 0.4) is 0 Å². The third kappa shape index (κ3) is 3.75. The van der Waals surface area contributed by atoms with E-state index in [0.717, 1.165) is 5.56 Å². The van der Waals surface area contributed by atoms with Gasteiger partial charge in [-0.05, 0) is 18.4 Å². The molecule has 1 fully saturated rings. The Morgan fingerprint density at radius 1 is 1.32 bits per heavy atom. The van der Waals surface area contributed by atoms with Crippen molar-refractivity contribution >= 4 is 17.9 Å². The highest BCUT2D eigenvalue weighted by molar-refractivity contribution is 5.90. The molecule has 7 heteroatoms. The molecule has 0 radical (unpaired) electrons. The van der Waals surface area contributed by atoms with E-state index in [4.69, 9.17) is 5.73 Å². The summed E-state index contributed by atoms with van der Waals surface area (Å²) in [5.41, 5.74) is 6.04. The summed E-state index contributed by atoms with van der Waals surface area (Å²) in [5, 5.41) is 11.8. The minimum absolute atomic E-state index is 0.186. The molecule has 4 N–H and O–H groups in total. The number of carboxylic acids is 1. The molecule has 7 nitrogen and oxygen atoms in total. The predicted octanol–water partition coefficient (Wildman–Crippen LogP) is 0.342. The first-order valence-electron chi connectivity index (χ1n) is 7.12. The fourth-order valence-corrected chi connectivity index (χ4v) is 2.62. The summed E-state index contributed by atoms with van der Waals surface area (Å²) in [6.07, 6.45) is 1.36. The summed E-state index contributed by atoms with van der Waals surface area (Å²) >= 11 is 0. The van der Waals surface area contributed by atoms with Gasteiger partial charge in [-0.1, -0.05) is 30.3 Å². The van der Waals surface area contributed by atoms with Crippen molar-refractivity contribution in [2.45, 2.75) is 31.3 Å². The van der Waals surface area contributed by atoms with Gasteiger partial charge in [0.1, 0.15) is 12.1 Å². The highest BCUT2D eigenvalue weighted by atomic mass is 16.4. The molecular weight excluding hydrogens is 286 g/mol. The smallest absolute Gasteiger partial charge is 0.326 e. The van der Waals surface area contributed by atoms with E-state index in [9.17, 15) is 19.5 Å². The van der Waals surface area contributed by atoms with E-state index in [1.54, 1.807) is 12.1 Å². The molecule has 0 bridgehead atoms. The second-order valence-corrected chi connectivity index (χ2v) is 5.28. The zero-order valence-corrected chi connectivity index (χ0v) is 12.1. The lowest BCUT2D eigenvalue weighted by Gasteiger charge is -2.23. The third-order valence-corrected chi connectivity index (χ3v) is 3.74. The minimum Gasteiger partial charge on any atom is -0.480 e. The number of rotatable bonds is 5. The van der Waals surface area contributed by atoms with Crippen molar-refractivity contribution in [2.75, 3.05) is 6.54 Å². The predicted molar refractivity (Wildman–Crippen MR) is 79.0 cm³/mol. The van der Waals surface area contributed by atoms with Crippen LogP contribution >= 0.6 is 0 Å². The van der Waals surface area contributed by atoms with E-state index in [1.165, 1.54) is 4.90 Å². The zero-order chi connectivity index (χ0) is 16.1. The summed E-state index contributed by atoms with van der Waals surface area (Å²) in [4.78, 5) is 36.1. The number of benzene rings is 1. The summed E-state index contributed by atoms with van der Waals surface area (Å²) in [5.74, 6) is -1.58. The van der Waals surface area contributed by atoms with E-state index < -0.39 is 30.0 Å². The van der Waals surface area contributed by atoms with Crippen molar-refractivity contribution in [1.29, 1.82) is 0 Å². The van der Waals surface area contributed by atoms with Gasteiger partial charge in [-0.3, -0.25) is 4.79 Å². The number of nitrogens with zero attached hydrogens (tertiary/aromatic N) is 1. The number of amides is 3. The Morgan fingerprint density at radius 2 is 2.00 bits per heavy atom. The fourth-order valence-electron chi connectivity index (χ4n) is 2.62. The number of carbonyl (C=O) groups excluding carboxylic acids is 2. The van der Waals surface area contributed by atoms with E-state index in [2.05, 4.69) is 5.32 Å². The summed E-state index contributed by atoms with van der Waals surface area (Å²) < 4.78 is 0. The van der Waals surface area contributed by atoms with Crippen LogP contribution in [-0.4, -0.2) is 46.5 Å². The lowest BCUT2D eigenvalue weighted by Crippen LogP contribution is -2.52. The van der Waals surface area contributed by atoms with Crippen molar-refractivity contribution in [2.24, 2.45) is 5.73 Å². The van der Waals surface area contributed by atoms with Crippen molar-refractivity contribution in [3.05, 3.63) is 35.9 Å². The maximum absolute atomic E-state index is 12.2. The largest absolute Gasteiger partial charge is 0.480 e. The Labute approximate surface area is 128 Å². The minimum atomic E-state index is -1.11. The molecule has 1 aromatic carbocycles.